The van der Waals surface area contributed by atoms with E-state index < -0.39 is 0 Å². The predicted octanol–water partition coefficient (Wildman–Crippen LogP) is 0.169. The fourth-order valence-corrected chi connectivity index (χ4v) is 1.62. The molecule has 8 nitrogen and oxygen atoms in total. The molecule has 2 N–H and O–H groups in total. The summed E-state index contributed by atoms with van der Waals surface area (Å²) >= 11 is 0. The molecule has 0 saturated carbocycles. The number of aromatic amines is 1. The lowest BCUT2D eigenvalue weighted by Crippen LogP contribution is -2.26. The second kappa shape index (κ2) is 6.62. The lowest BCUT2D eigenvalue weighted by atomic mass is 10.3. The highest BCUT2D eigenvalue weighted by atomic mass is 16.2. The number of hydrogen-bond donors (Lipinski definition) is 2. The molecule has 0 unspecified atom stereocenters. The average Bonchev–Trinajstić information content (AvgIpc) is 3.06. The second-order valence-corrected chi connectivity index (χ2v) is 4.13. The Bertz CT molecular complexity index is 505. The first-order valence-corrected chi connectivity index (χ1v) is 6.33. The Hall–Kier alpha value is -2.25. The van der Waals surface area contributed by atoms with E-state index in [9.17, 15) is 4.79 Å². The first-order chi connectivity index (χ1) is 9.29. The average molecular weight is 263 g/mol. The predicted molar refractivity (Wildman–Crippen MR) is 67.3 cm³/mol. The maximum absolute atomic E-state index is 11.7. The number of carbonyl (C=O) groups excluding carboxylic acids is 1. The molecule has 0 atom stereocenters. The highest BCUT2D eigenvalue weighted by Gasteiger charge is 2.11. The Labute approximate surface area is 110 Å². The molecule has 0 bridgehead atoms. The minimum Gasteiger partial charge on any atom is -0.349 e. The highest BCUT2D eigenvalue weighted by molar-refractivity contribution is 5.90. The van der Waals surface area contributed by atoms with Crippen LogP contribution in [0.1, 0.15) is 36.2 Å². The van der Waals surface area contributed by atoms with Crippen molar-refractivity contribution in [2.24, 2.45) is 0 Å². The number of rotatable bonds is 7. The van der Waals surface area contributed by atoms with Gasteiger partial charge in [0.1, 0.15) is 5.82 Å². The first-order valence-electron chi connectivity index (χ1n) is 6.33. The third-order valence-corrected chi connectivity index (χ3v) is 2.54. The molecule has 0 aliphatic heterocycles. The second-order valence-electron chi connectivity index (χ2n) is 4.13. The summed E-state index contributed by atoms with van der Waals surface area (Å²) in [5.74, 6) is 0.691. The van der Waals surface area contributed by atoms with Crippen molar-refractivity contribution in [3.8, 4) is 0 Å². The van der Waals surface area contributed by atoms with Crippen LogP contribution in [0.2, 0.25) is 0 Å². The van der Waals surface area contributed by atoms with Crippen LogP contribution in [0, 0.1) is 0 Å². The van der Waals surface area contributed by atoms with E-state index in [0.717, 1.165) is 31.6 Å². The molecule has 0 aromatic carbocycles. The lowest BCUT2D eigenvalue weighted by Gasteiger charge is -2.02. The molecule has 0 radical (unpaired) electrons. The standard InChI is InChI=1S/C11H17N7O/c1-2-4-9-14-10(16-15-9)11(19)12-5-3-7-18-8-6-13-17-18/h6,8H,2-5,7H2,1H3,(H,12,19)(H,14,15,16). The van der Waals surface area contributed by atoms with Gasteiger partial charge in [-0.25, -0.2) is 4.98 Å². The molecule has 2 aromatic heterocycles. The molecule has 2 rings (SSSR count). The van der Waals surface area contributed by atoms with Crippen molar-refractivity contribution >= 4 is 5.91 Å². The summed E-state index contributed by atoms with van der Waals surface area (Å²) in [7, 11) is 0. The Morgan fingerprint density at radius 1 is 1.53 bits per heavy atom. The summed E-state index contributed by atoms with van der Waals surface area (Å²) in [6.45, 7) is 3.32. The van der Waals surface area contributed by atoms with E-state index in [2.05, 4.69) is 30.8 Å². The normalized spacial score (nSPS) is 10.6. The minimum atomic E-state index is -0.253. The smallest absolute Gasteiger partial charge is 0.290 e. The van der Waals surface area contributed by atoms with Gasteiger partial charge in [0, 0.05) is 25.7 Å². The molecule has 2 aromatic rings. The van der Waals surface area contributed by atoms with Crippen molar-refractivity contribution in [3.05, 3.63) is 24.0 Å². The molecular formula is C11H17N7O. The minimum absolute atomic E-state index is 0.198. The molecule has 0 fully saturated rings. The zero-order valence-electron chi connectivity index (χ0n) is 10.8. The molecule has 0 saturated heterocycles. The number of carbonyl (C=O) groups is 1. The monoisotopic (exact) mass is 263 g/mol. The van der Waals surface area contributed by atoms with Crippen molar-refractivity contribution in [2.45, 2.75) is 32.7 Å². The first kappa shape index (κ1) is 13.2. The third kappa shape index (κ3) is 3.87. The molecule has 0 spiro atoms. The molecule has 2 heterocycles. The Balaban J connectivity index is 1.71. The van der Waals surface area contributed by atoms with Gasteiger partial charge >= 0.3 is 0 Å². The molecule has 19 heavy (non-hydrogen) atoms. The van der Waals surface area contributed by atoms with Gasteiger partial charge in [-0.2, -0.15) is 0 Å². The van der Waals surface area contributed by atoms with Gasteiger partial charge in [-0.3, -0.25) is 14.6 Å². The van der Waals surface area contributed by atoms with Gasteiger partial charge < -0.3 is 5.32 Å². The largest absolute Gasteiger partial charge is 0.349 e. The third-order valence-electron chi connectivity index (χ3n) is 2.54. The molecule has 0 aliphatic rings. The van der Waals surface area contributed by atoms with Crippen LogP contribution >= 0.6 is 0 Å². The van der Waals surface area contributed by atoms with Crippen molar-refractivity contribution in [1.82, 2.24) is 35.5 Å². The summed E-state index contributed by atoms with van der Waals surface area (Å²) in [5.41, 5.74) is 0. The van der Waals surface area contributed by atoms with E-state index in [0.29, 0.717) is 6.54 Å². The van der Waals surface area contributed by atoms with Gasteiger partial charge in [-0.1, -0.05) is 12.1 Å². The van der Waals surface area contributed by atoms with Crippen LogP contribution < -0.4 is 5.32 Å². The SMILES string of the molecule is CCCc1nc(C(=O)NCCCn2ccnn2)n[nH]1. The number of H-pyrrole nitrogens is 1. The lowest BCUT2D eigenvalue weighted by molar-refractivity contribution is 0.0942. The number of amides is 1. The summed E-state index contributed by atoms with van der Waals surface area (Å²) < 4.78 is 1.72. The van der Waals surface area contributed by atoms with Crippen molar-refractivity contribution in [2.75, 3.05) is 6.54 Å². The van der Waals surface area contributed by atoms with Crippen LogP contribution in [0.4, 0.5) is 0 Å². The van der Waals surface area contributed by atoms with Crippen LogP contribution in [0.5, 0.6) is 0 Å². The van der Waals surface area contributed by atoms with E-state index in [1.54, 1.807) is 17.1 Å². The highest BCUT2D eigenvalue weighted by Crippen LogP contribution is 1.96. The van der Waals surface area contributed by atoms with Crippen molar-refractivity contribution in [1.29, 1.82) is 0 Å². The summed E-state index contributed by atoms with van der Waals surface area (Å²) in [6, 6.07) is 0. The number of aromatic nitrogens is 6. The molecule has 8 heteroatoms. The van der Waals surface area contributed by atoms with Gasteiger partial charge in [-0.15, -0.1) is 10.2 Å². The van der Waals surface area contributed by atoms with Crippen LogP contribution in [0.25, 0.3) is 0 Å². The Morgan fingerprint density at radius 3 is 3.16 bits per heavy atom. The molecule has 102 valence electrons. The summed E-state index contributed by atoms with van der Waals surface area (Å²) in [5, 5.41) is 17.0. The topological polar surface area (TPSA) is 101 Å². The molecular weight excluding hydrogens is 246 g/mol. The number of hydrogen-bond acceptors (Lipinski definition) is 5. The number of nitrogens with one attached hydrogen (secondary N) is 2. The van der Waals surface area contributed by atoms with Crippen molar-refractivity contribution in [3.63, 3.8) is 0 Å². The maximum Gasteiger partial charge on any atom is 0.290 e. The van der Waals surface area contributed by atoms with E-state index >= 15 is 0 Å². The van der Waals surface area contributed by atoms with Gasteiger partial charge in [0.05, 0.1) is 6.20 Å². The molecule has 1 amide bonds. The zero-order chi connectivity index (χ0) is 13.5. The van der Waals surface area contributed by atoms with E-state index in [4.69, 9.17) is 0 Å². The number of nitrogens with zero attached hydrogens (tertiary/aromatic N) is 5. The Kier molecular flexibility index (Phi) is 4.60. The van der Waals surface area contributed by atoms with Gasteiger partial charge in [-0.05, 0) is 12.8 Å². The van der Waals surface area contributed by atoms with E-state index in [-0.39, 0.29) is 11.7 Å². The van der Waals surface area contributed by atoms with Gasteiger partial charge in [0.2, 0.25) is 5.82 Å². The quantitative estimate of drug-likeness (QED) is 0.693. The van der Waals surface area contributed by atoms with Crippen molar-refractivity contribution < 1.29 is 4.79 Å². The van der Waals surface area contributed by atoms with Crippen LogP contribution in [-0.4, -0.2) is 42.6 Å². The van der Waals surface area contributed by atoms with E-state index in [1.165, 1.54) is 0 Å². The van der Waals surface area contributed by atoms with Gasteiger partial charge in [0.25, 0.3) is 5.91 Å². The summed E-state index contributed by atoms with van der Waals surface area (Å²) in [6.07, 6.45) is 5.96. The molecule has 0 aliphatic carbocycles. The Morgan fingerprint density at radius 2 is 2.42 bits per heavy atom. The van der Waals surface area contributed by atoms with Crippen LogP contribution in [0.15, 0.2) is 12.4 Å². The van der Waals surface area contributed by atoms with E-state index in [1.807, 2.05) is 6.92 Å². The van der Waals surface area contributed by atoms with Crippen LogP contribution in [-0.2, 0) is 13.0 Å². The zero-order valence-corrected chi connectivity index (χ0v) is 10.8. The van der Waals surface area contributed by atoms with Crippen LogP contribution in [0.3, 0.4) is 0 Å². The fourth-order valence-electron chi connectivity index (χ4n) is 1.62. The fraction of sp³-hybridized carbons (Fsp3) is 0.545. The summed E-state index contributed by atoms with van der Waals surface area (Å²) in [4.78, 5) is 15.9. The maximum atomic E-state index is 11.7. The number of aryl methyl sites for hydroxylation is 2. The van der Waals surface area contributed by atoms with Gasteiger partial charge in [0.15, 0.2) is 0 Å².